The fraction of sp³-hybridized carbons (Fsp3) is 0.286. The van der Waals surface area contributed by atoms with Crippen molar-refractivity contribution in [2.75, 3.05) is 14.2 Å². The second-order valence-electron chi connectivity index (χ2n) is 4.62. The van der Waals surface area contributed by atoms with Gasteiger partial charge in [0.15, 0.2) is 11.5 Å². The summed E-state index contributed by atoms with van der Waals surface area (Å²) < 4.78 is 9.79. The van der Waals surface area contributed by atoms with Crippen LogP contribution >= 0.6 is 11.6 Å². The summed E-state index contributed by atoms with van der Waals surface area (Å²) in [5.41, 5.74) is 1.10. The zero-order chi connectivity index (χ0) is 16.4. The van der Waals surface area contributed by atoms with Gasteiger partial charge in [0.2, 0.25) is 0 Å². The van der Waals surface area contributed by atoms with Gasteiger partial charge in [0.05, 0.1) is 30.9 Å². The zero-order valence-corrected chi connectivity index (χ0v) is 12.9. The molecule has 8 heteroatoms. The fourth-order valence-corrected chi connectivity index (χ4v) is 2.46. The predicted octanol–water partition coefficient (Wildman–Crippen LogP) is 1.86. The van der Waals surface area contributed by atoms with E-state index in [0.29, 0.717) is 11.3 Å². The molecule has 0 aliphatic carbocycles. The number of rotatable bonds is 3. The Hall–Kier alpha value is -2.41. The van der Waals surface area contributed by atoms with Gasteiger partial charge in [-0.05, 0) is 24.6 Å². The molecule has 1 atom stereocenters. The number of phenols is 1. The molecule has 1 aromatic carbocycles. The van der Waals surface area contributed by atoms with Gasteiger partial charge < -0.3 is 25.2 Å². The summed E-state index contributed by atoms with van der Waals surface area (Å²) in [7, 11) is 2.62. The van der Waals surface area contributed by atoms with Gasteiger partial charge >= 0.3 is 12.0 Å². The van der Waals surface area contributed by atoms with E-state index in [1.54, 1.807) is 6.92 Å². The van der Waals surface area contributed by atoms with Crippen molar-refractivity contribution in [2.45, 2.75) is 13.0 Å². The minimum atomic E-state index is -0.770. The number of carbonyl (C=O) groups is 2. The first kappa shape index (κ1) is 16.0. The third-order valence-corrected chi connectivity index (χ3v) is 3.57. The number of nitrogens with one attached hydrogen (secondary N) is 2. The number of urea groups is 1. The summed E-state index contributed by atoms with van der Waals surface area (Å²) in [5, 5.41) is 15.0. The minimum absolute atomic E-state index is 0.0454. The number of benzene rings is 1. The monoisotopic (exact) mass is 326 g/mol. The number of amides is 2. The van der Waals surface area contributed by atoms with Gasteiger partial charge in [0, 0.05) is 5.70 Å². The Morgan fingerprint density at radius 2 is 2.05 bits per heavy atom. The van der Waals surface area contributed by atoms with Gasteiger partial charge in [-0.3, -0.25) is 0 Å². The number of hydrogen-bond donors (Lipinski definition) is 3. The van der Waals surface area contributed by atoms with Crippen molar-refractivity contribution < 1.29 is 24.2 Å². The van der Waals surface area contributed by atoms with E-state index < -0.39 is 18.0 Å². The lowest BCUT2D eigenvalue weighted by Gasteiger charge is -2.28. The van der Waals surface area contributed by atoms with Crippen molar-refractivity contribution in [2.24, 2.45) is 0 Å². The maximum Gasteiger partial charge on any atom is 0.337 e. The van der Waals surface area contributed by atoms with E-state index in [4.69, 9.17) is 21.1 Å². The number of ether oxygens (including phenoxy) is 2. The first-order valence-electron chi connectivity index (χ1n) is 6.32. The molecule has 0 bridgehead atoms. The average molecular weight is 327 g/mol. The standard InChI is InChI=1S/C14H15ClN2O5/c1-6-10(13(19)22-3)11(17-14(20)16-6)7-4-8(15)12(18)9(5-7)21-2/h4-5,11,18H,1-3H3,(H2,16,17,20)/t11-/m1/s1. The van der Waals surface area contributed by atoms with E-state index >= 15 is 0 Å². The molecule has 2 amide bonds. The largest absolute Gasteiger partial charge is 0.503 e. The van der Waals surface area contributed by atoms with Crippen LogP contribution in [0, 0.1) is 0 Å². The van der Waals surface area contributed by atoms with Crippen molar-refractivity contribution in [3.05, 3.63) is 34.0 Å². The lowest BCUT2D eigenvalue weighted by molar-refractivity contribution is -0.136. The SMILES string of the molecule is COC(=O)C1=C(C)NC(=O)N[C@@H]1c1cc(Cl)c(O)c(OC)c1. The van der Waals surface area contributed by atoms with Crippen LogP contribution < -0.4 is 15.4 Å². The van der Waals surface area contributed by atoms with Crippen LogP contribution in [0.5, 0.6) is 11.5 Å². The number of esters is 1. The van der Waals surface area contributed by atoms with Gasteiger partial charge in [0.25, 0.3) is 0 Å². The Morgan fingerprint density at radius 3 is 2.64 bits per heavy atom. The molecule has 118 valence electrons. The molecule has 0 spiro atoms. The molecule has 0 saturated heterocycles. The first-order valence-corrected chi connectivity index (χ1v) is 6.69. The van der Waals surface area contributed by atoms with Gasteiger partial charge in [-0.25, -0.2) is 9.59 Å². The van der Waals surface area contributed by atoms with E-state index in [0.717, 1.165) is 0 Å². The number of phenolic OH excluding ortho intramolecular Hbond substituents is 1. The van der Waals surface area contributed by atoms with Crippen molar-refractivity contribution in [3.8, 4) is 11.5 Å². The number of carbonyl (C=O) groups excluding carboxylic acids is 2. The number of methoxy groups -OCH3 is 2. The van der Waals surface area contributed by atoms with Crippen LogP contribution in [0.3, 0.4) is 0 Å². The topological polar surface area (TPSA) is 96.9 Å². The minimum Gasteiger partial charge on any atom is -0.503 e. The Morgan fingerprint density at radius 1 is 1.36 bits per heavy atom. The Labute approximate surface area is 131 Å². The Kier molecular flexibility index (Phi) is 4.46. The third kappa shape index (κ3) is 2.80. The van der Waals surface area contributed by atoms with Crippen LogP contribution in [0.4, 0.5) is 4.79 Å². The molecule has 0 unspecified atom stereocenters. The molecule has 0 saturated carbocycles. The highest BCUT2D eigenvalue weighted by atomic mass is 35.5. The molecular weight excluding hydrogens is 312 g/mol. The number of allylic oxidation sites excluding steroid dienone is 1. The molecule has 0 radical (unpaired) electrons. The molecule has 22 heavy (non-hydrogen) atoms. The maximum atomic E-state index is 12.0. The van der Waals surface area contributed by atoms with Crippen LogP contribution in [-0.4, -0.2) is 31.3 Å². The van der Waals surface area contributed by atoms with Crippen LogP contribution in [0.2, 0.25) is 5.02 Å². The molecule has 1 heterocycles. The van der Waals surface area contributed by atoms with E-state index in [9.17, 15) is 14.7 Å². The second kappa shape index (κ2) is 6.15. The molecule has 1 aliphatic heterocycles. The molecule has 2 rings (SSSR count). The Bertz CT molecular complexity index is 671. The molecule has 1 aromatic rings. The lowest BCUT2D eigenvalue weighted by Crippen LogP contribution is -2.45. The third-order valence-electron chi connectivity index (χ3n) is 3.28. The fourth-order valence-electron chi connectivity index (χ4n) is 2.24. The first-order chi connectivity index (χ1) is 10.4. The van der Waals surface area contributed by atoms with Crippen LogP contribution in [0.15, 0.2) is 23.4 Å². The molecule has 7 nitrogen and oxygen atoms in total. The summed E-state index contributed by atoms with van der Waals surface area (Å²) in [6.45, 7) is 1.59. The number of hydrogen-bond acceptors (Lipinski definition) is 5. The average Bonchev–Trinajstić information content (AvgIpc) is 2.48. The highest BCUT2D eigenvalue weighted by Crippen LogP contribution is 2.39. The smallest absolute Gasteiger partial charge is 0.337 e. The zero-order valence-electron chi connectivity index (χ0n) is 12.2. The van der Waals surface area contributed by atoms with E-state index in [1.165, 1.54) is 26.4 Å². The molecular formula is C14H15ClN2O5. The van der Waals surface area contributed by atoms with Crippen molar-refractivity contribution in [1.82, 2.24) is 10.6 Å². The molecule has 0 fully saturated rings. The molecule has 0 aromatic heterocycles. The highest BCUT2D eigenvalue weighted by molar-refractivity contribution is 6.32. The summed E-state index contributed by atoms with van der Waals surface area (Å²) in [5.74, 6) is -0.663. The molecule has 1 aliphatic rings. The van der Waals surface area contributed by atoms with Crippen LogP contribution in [-0.2, 0) is 9.53 Å². The van der Waals surface area contributed by atoms with Gasteiger partial charge in [-0.15, -0.1) is 0 Å². The second-order valence-corrected chi connectivity index (χ2v) is 5.02. The molecule has 3 N–H and O–H groups in total. The maximum absolute atomic E-state index is 12.0. The predicted molar refractivity (Wildman–Crippen MR) is 78.8 cm³/mol. The van der Waals surface area contributed by atoms with E-state index in [-0.39, 0.29) is 22.1 Å². The van der Waals surface area contributed by atoms with Crippen molar-refractivity contribution in [3.63, 3.8) is 0 Å². The van der Waals surface area contributed by atoms with Crippen molar-refractivity contribution >= 4 is 23.6 Å². The summed E-state index contributed by atoms with van der Waals surface area (Å²) in [4.78, 5) is 23.7. The lowest BCUT2D eigenvalue weighted by atomic mass is 9.95. The van der Waals surface area contributed by atoms with Crippen LogP contribution in [0.1, 0.15) is 18.5 Å². The van der Waals surface area contributed by atoms with Gasteiger partial charge in [0.1, 0.15) is 0 Å². The van der Waals surface area contributed by atoms with Crippen molar-refractivity contribution in [1.29, 1.82) is 0 Å². The summed E-state index contributed by atoms with van der Waals surface area (Å²) in [6, 6.07) is 1.71. The number of aromatic hydroxyl groups is 1. The van der Waals surface area contributed by atoms with Gasteiger partial charge in [-0.1, -0.05) is 11.6 Å². The van der Waals surface area contributed by atoms with E-state index in [2.05, 4.69) is 10.6 Å². The summed E-state index contributed by atoms with van der Waals surface area (Å²) >= 11 is 5.96. The van der Waals surface area contributed by atoms with Crippen LogP contribution in [0.25, 0.3) is 0 Å². The van der Waals surface area contributed by atoms with Gasteiger partial charge in [-0.2, -0.15) is 0 Å². The Balaban J connectivity index is 2.58. The summed E-state index contributed by atoms with van der Waals surface area (Å²) in [6.07, 6.45) is 0. The highest BCUT2D eigenvalue weighted by Gasteiger charge is 2.32. The normalized spacial score (nSPS) is 17.6. The quantitative estimate of drug-likeness (QED) is 0.737. The van der Waals surface area contributed by atoms with E-state index in [1.807, 2.05) is 0 Å². The number of halogens is 1.